The number of nitrogens with one attached hydrogen (secondary N) is 3. The molecule has 0 aromatic rings. The molecule has 1 heterocycles. The van der Waals surface area contributed by atoms with Crippen LogP contribution in [0.1, 0.15) is 33.6 Å². The number of carbonyl (C=O) groups is 2. The summed E-state index contributed by atoms with van der Waals surface area (Å²) in [6.45, 7) is 9.79. The Morgan fingerprint density at radius 1 is 1.38 bits per heavy atom. The molecular formula is C14H29ClN4O2. The van der Waals surface area contributed by atoms with Crippen molar-refractivity contribution in [3.8, 4) is 0 Å². The smallest absolute Gasteiger partial charge is 0.321 e. The van der Waals surface area contributed by atoms with E-state index in [1.165, 1.54) is 0 Å². The Labute approximate surface area is 133 Å². The lowest BCUT2D eigenvalue weighted by molar-refractivity contribution is -0.121. The van der Waals surface area contributed by atoms with Gasteiger partial charge in [-0.1, -0.05) is 20.8 Å². The van der Waals surface area contributed by atoms with E-state index in [0.717, 1.165) is 32.5 Å². The number of nitrogens with zero attached hydrogens (tertiary/aromatic N) is 1. The molecular weight excluding hydrogens is 292 g/mol. The van der Waals surface area contributed by atoms with Crippen LogP contribution in [0, 0.1) is 5.92 Å². The highest BCUT2D eigenvalue weighted by Gasteiger charge is 2.23. The summed E-state index contributed by atoms with van der Waals surface area (Å²) >= 11 is 0. The van der Waals surface area contributed by atoms with E-state index < -0.39 is 6.03 Å². The number of imide groups is 1. The van der Waals surface area contributed by atoms with Gasteiger partial charge in [-0.2, -0.15) is 0 Å². The Morgan fingerprint density at radius 3 is 2.62 bits per heavy atom. The van der Waals surface area contributed by atoms with Gasteiger partial charge in [0, 0.05) is 19.1 Å². The van der Waals surface area contributed by atoms with Crippen molar-refractivity contribution in [2.24, 2.45) is 5.92 Å². The standard InChI is InChI=1S/C14H28N4O2.ClH/c1-4-7-18(12-5-6-15-9-12)10-13(19)17-14(20)16-8-11(2)3;/h11-12,15H,4-10H2,1-3H3,(H2,16,17,19,20);1H. The van der Waals surface area contributed by atoms with Crippen LogP contribution in [0.15, 0.2) is 0 Å². The summed E-state index contributed by atoms with van der Waals surface area (Å²) in [5, 5.41) is 8.39. The minimum atomic E-state index is -0.398. The van der Waals surface area contributed by atoms with Gasteiger partial charge in [-0.3, -0.25) is 15.0 Å². The molecule has 3 N–H and O–H groups in total. The van der Waals surface area contributed by atoms with Gasteiger partial charge in [0.2, 0.25) is 5.91 Å². The maximum absolute atomic E-state index is 11.9. The van der Waals surface area contributed by atoms with Crippen molar-refractivity contribution in [1.82, 2.24) is 20.9 Å². The molecule has 1 rings (SSSR count). The van der Waals surface area contributed by atoms with E-state index >= 15 is 0 Å². The molecule has 0 spiro atoms. The third-order valence-electron chi connectivity index (χ3n) is 3.33. The third kappa shape index (κ3) is 8.24. The summed E-state index contributed by atoms with van der Waals surface area (Å²) in [4.78, 5) is 25.6. The number of amides is 3. The predicted octanol–water partition coefficient (Wildman–Crippen LogP) is 0.964. The van der Waals surface area contributed by atoms with Gasteiger partial charge in [-0.25, -0.2) is 4.79 Å². The van der Waals surface area contributed by atoms with Crippen molar-refractivity contribution in [3.63, 3.8) is 0 Å². The highest BCUT2D eigenvalue weighted by atomic mass is 35.5. The first-order valence-corrected chi connectivity index (χ1v) is 7.55. The van der Waals surface area contributed by atoms with Crippen LogP contribution in [0.2, 0.25) is 0 Å². The second-order valence-corrected chi connectivity index (χ2v) is 5.77. The van der Waals surface area contributed by atoms with Crippen LogP contribution in [-0.2, 0) is 4.79 Å². The van der Waals surface area contributed by atoms with Crippen molar-refractivity contribution in [2.75, 3.05) is 32.7 Å². The Morgan fingerprint density at radius 2 is 2.10 bits per heavy atom. The van der Waals surface area contributed by atoms with E-state index in [2.05, 4.69) is 27.8 Å². The van der Waals surface area contributed by atoms with E-state index in [1.54, 1.807) is 0 Å². The average molecular weight is 321 g/mol. The average Bonchev–Trinajstić information content (AvgIpc) is 2.89. The quantitative estimate of drug-likeness (QED) is 0.653. The number of hydrogen-bond acceptors (Lipinski definition) is 4. The molecule has 3 amide bonds. The Balaban J connectivity index is 0.00000400. The van der Waals surface area contributed by atoms with Gasteiger partial charge in [0.25, 0.3) is 0 Å². The maximum atomic E-state index is 11.9. The summed E-state index contributed by atoms with van der Waals surface area (Å²) in [5.41, 5.74) is 0. The second-order valence-electron chi connectivity index (χ2n) is 5.77. The van der Waals surface area contributed by atoms with Crippen LogP contribution in [0.5, 0.6) is 0 Å². The fourth-order valence-corrected chi connectivity index (χ4v) is 2.32. The van der Waals surface area contributed by atoms with Crippen LogP contribution in [0.3, 0.4) is 0 Å². The molecule has 1 aliphatic rings. The molecule has 0 aliphatic carbocycles. The van der Waals surface area contributed by atoms with E-state index in [9.17, 15) is 9.59 Å². The number of halogens is 1. The van der Waals surface area contributed by atoms with Crippen molar-refractivity contribution < 1.29 is 9.59 Å². The topological polar surface area (TPSA) is 73.5 Å². The van der Waals surface area contributed by atoms with Crippen molar-refractivity contribution in [1.29, 1.82) is 0 Å². The van der Waals surface area contributed by atoms with Crippen LogP contribution in [0.25, 0.3) is 0 Å². The molecule has 6 nitrogen and oxygen atoms in total. The molecule has 1 aliphatic heterocycles. The van der Waals surface area contributed by atoms with Crippen LogP contribution in [-0.4, -0.2) is 55.6 Å². The van der Waals surface area contributed by atoms with Gasteiger partial charge in [0.1, 0.15) is 0 Å². The molecule has 7 heteroatoms. The monoisotopic (exact) mass is 320 g/mol. The number of rotatable bonds is 7. The van der Waals surface area contributed by atoms with Gasteiger partial charge < -0.3 is 10.6 Å². The van der Waals surface area contributed by atoms with Crippen molar-refractivity contribution in [2.45, 2.75) is 39.7 Å². The Hall–Kier alpha value is -0.850. The molecule has 1 unspecified atom stereocenters. The molecule has 0 aromatic heterocycles. The first kappa shape index (κ1) is 20.1. The molecule has 124 valence electrons. The highest BCUT2D eigenvalue weighted by Crippen LogP contribution is 2.08. The van der Waals surface area contributed by atoms with Gasteiger partial charge >= 0.3 is 6.03 Å². The molecule has 1 saturated heterocycles. The highest BCUT2D eigenvalue weighted by molar-refractivity contribution is 5.95. The van der Waals surface area contributed by atoms with Gasteiger partial charge in [-0.15, -0.1) is 12.4 Å². The molecule has 1 fully saturated rings. The minimum Gasteiger partial charge on any atom is -0.338 e. The van der Waals surface area contributed by atoms with E-state index in [4.69, 9.17) is 0 Å². The molecule has 0 saturated carbocycles. The van der Waals surface area contributed by atoms with E-state index in [0.29, 0.717) is 18.5 Å². The molecule has 1 atom stereocenters. The summed E-state index contributed by atoms with van der Waals surface area (Å²) in [6.07, 6.45) is 2.07. The first-order chi connectivity index (χ1) is 9.52. The Bertz CT molecular complexity index is 320. The van der Waals surface area contributed by atoms with Crippen LogP contribution >= 0.6 is 12.4 Å². The van der Waals surface area contributed by atoms with Crippen LogP contribution in [0.4, 0.5) is 4.79 Å². The largest absolute Gasteiger partial charge is 0.338 e. The lowest BCUT2D eigenvalue weighted by atomic mass is 10.2. The first-order valence-electron chi connectivity index (χ1n) is 7.55. The van der Waals surface area contributed by atoms with Crippen molar-refractivity contribution >= 4 is 24.3 Å². The summed E-state index contributed by atoms with van der Waals surface area (Å²) in [7, 11) is 0. The molecule has 21 heavy (non-hydrogen) atoms. The summed E-state index contributed by atoms with van der Waals surface area (Å²) in [5.74, 6) is 0.142. The number of urea groups is 1. The third-order valence-corrected chi connectivity index (χ3v) is 3.33. The zero-order valence-corrected chi connectivity index (χ0v) is 14.1. The van der Waals surface area contributed by atoms with E-state index in [1.807, 2.05) is 13.8 Å². The lowest BCUT2D eigenvalue weighted by Crippen LogP contribution is -2.48. The minimum absolute atomic E-state index is 0. The van der Waals surface area contributed by atoms with Gasteiger partial charge in [0.05, 0.1) is 6.54 Å². The van der Waals surface area contributed by atoms with Gasteiger partial charge in [-0.05, 0) is 31.8 Å². The Kier molecular flexibility index (Phi) is 10.4. The zero-order chi connectivity index (χ0) is 15.0. The SMILES string of the molecule is CCCN(CC(=O)NC(=O)NCC(C)C)C1CCNC1.Cl. The zero-order valence-electron chi connectivity index (χ0n) is 13.3. The lowest BCUT2D eigenvalue weighted by Gasteiger charge is -2.27. The number of hydrogen-bond donors (Lipinski definition) is 3. The summed E-state index contributed by atoms with van der Waals surface area (Å²) in [6, 6.07) is 0.00382. The fraction of sp³-hybridized carbons (Fsp3) is 0.857. The van der Waals surface area contributed by atoms with Crippen LogP contribution < -0.4 is 16.0 Å². The predicted molar refractivity (Wildman–Crippen MR) is 86.8 cm³/mol. The molecule has 0 aromatic carbocycles. The summed E-state index contributed by atoms with van der Waals surface area (Å²) < 4.78 is 0. The number of carbonyl (C=O) groups excluding carboxylic acids is 2. The van der Waals surface area contributed by atoms with E-state index in [-0.39, 0.29) is 24.9 Å². The molecule has 0 bridgehead atoms. The fourth-order valence-electron chi connectivity index (χ4n) is 2.32. The van der Waals surface area contributed by atoms with Crippen molar-refractivity contribution in [3.05, 3.63) is 0 Å². The normalized spacial score (nSPS) is 17.7. The van der Waals surface area contributed by atoms with Gasteiger partial charge in [0.15, 0.2) is 0 Å². The second kappa shape index (κ2) is 10.8. The molecule has 0 radical (unpaired) electrons. The maximum Gasteiger partial charge on any atom is 0.321 e.